The fourth-order valence-electron chi connectivity index (χ4n) is 1.83. The Labute approximate surface area is 120 Å². The highest BCUT2D eigenvalue weighted by Crippen LogP contribution is 2.20. The highest BCUT2D eigenvalue weighted by Gasteiger charge is 2.33. The Morgan fingerprint density at radius 3 is 2.67 bits per heavy atom. The number of halogens is 1. The van der Waals surface area contributed by atoms with E-state index in [1.165, 1.54) is 4.31 Å². The predicted molar refractivity (Wildman–Crippen MR) is 75.3 cm³/mol. The van der Waals surface area contributed by atoms with Crippen molar-refractivity contribution in [3.63, 3.8) is 0 Å². The van der Waals surface area contributed by atoms with E-state index in [-0.39, 0.29) is 4.90 Å². The zero-order valence-corrected chi connectivity index (χ0v) is 12.5. The van der Waals surface area contributed by atoms with Crippen LogP contribution in [0.25, 0.3) is 0 Å². The lowest BCUT2D eigenvalue weighted by Gasteiger charge is -2.30. The predicted octanol–water partition coefficient (Wildman–Crippen LogP) is 0.777. The van der Waals surface area contributed by atoms with Gasteiger partial charge in [0.25, 0.3) is 0 Å². The molecule has 0 saturated carbocycles. The lowest BCUT2D eigenvalue weighted by Crippen LogP contribution is -2.52. The number of rotatable bonds is 2. The van der Waals surface area contributed by atoms with Gasteiger partial charge < -0.3 is 5.32 Å². The number of benzene rings is 1. The van der Waals surface area contributed by atoms with E-state index in [0.717, 1.165) is 3.57 Å². The molecule has 1 heterocycles. The fourth-order valence-corrected chi connectivity index (χ4v) is 3.72. The van der Waals surface area contributed by atoms with E-state index in [0.29, 0.717) is 19.6 Å². The van der Waals surface area contributed by atoms with E-state index in [1.54, 1.807) is 24.3 Å². The first kappa shape index (κ1) is 13.7. The minimum absolute atomic E-state index is 0.241. The normalized spacial score (nSPS) is 21.4. The Morgan fingerprint density at radius 2 is 2.06 bits per heavy atom. The molecule has 0 aliphatic carbocycles. The zero-order valence-electron chi connectivity index (χ0n) is 9.51. The number of piperazine rings is 1. The van der Waals surface area contributed by atoms with E-state index in [1.807, 2.05) is 6.07 Å². The van der Waals surface area contributed by atoms with E-state index >= 15 is 0 Å². The van der Waals surface area contributed by atoms with E-state index in [4.69, 9.17) is 5.26 Å². The van der Waals surface area contributed by atoms with Crippen LogP contribution in [0.5, 0.6) is 0 Å². The van der Waals surface area contributed by atoms with Gasteiger partial charge in [-0.25, -0.2) is 8.42 Å². The molecule has 1 N–H and O–H groups in total. The molecule has 0 amide bonds. The Bertz CT molecular complexity index is 565. The smallest absolute Gasteiger partial charge is 0.244 e. The largest absolute Gasteiger partial charge is 0.313 e. The quantitative estimate of drug-likeness (QED) is 0.774. The van der Waals surface area contributed by atoms with Crippen LogP contribution in [-0.2, 0) is 10.0 Å². The lowest BCUT2D eigenvalue weighted by molar-refractivity contribution is 0.312. The molecule has 1 atom stereocenters. The van der Waals surface area contributed by atoms with Gasteiger partial charge in [-0.3, -0.25) is 0 Å². The second-order valence-corrected chi connectivity index (χ2v) is 7.05. The highest BCUT2D eigenvalue weighted by molar-refractivity contribution is 14.1. The maximum Gasteiger partial charge on any atom is 0.244 e. The summed E-state index contributed by atoms with van der Waals surface area (Å²) in [5, 5.41) is 12.0. The molecule has 18 heavy (non-hydrogen) atoms. The van der Waals surface area contributed by atoms with Crippen LogP contribution in [0.3, 0.4) is 0 Å². The first-order valence-corrected chi connectivity index (χ1v) is 7.95. The average molecular weight is 377 g/mol. The van der Waals surface area contributed by atoms with Gasteiger partial charge in [-0.1, -0.05) is 0 Å². The van der Waals surface area contributed by atoms with Gasteiger partial charge in [0, 0.05) is 23.2 Å². The summed E-state index contributed by atoms with van der Waals surface area (Å²) in [6.45, 7) is 1.27. The van der Waals surface area contributed by atoms with Crippen molar-refractivity contribution in [3.05, 3.63) is 27.8 Å². The van der Waals surface area contributed by atoms with E-state index in [9.17, 15) is 8.42 Å². The maximum absolute atomic E-state index is 12.4. The van der Waals surface area contributed by atoms with Crippen molar-refractivity contribution < 1.29 is 8.42 Å². The third-order valence-corrected chi connectivity index (χ3v) is 5.41. The van der Waals surface area contributed by atoms with Crippen LogP contribution in [0.15, 0.2) is 29.2 Å². The number of hydrogen-bond acceptors (Lipinski definition) is 4. The first-order chi connectivity index (χ1) is 8.55. The van der Waals surface area contributed by atoms with Crippen LogP contribution in [-0.4, -0.2) is 38.4 Å². The first-order valence-electron chi connectivity index (χ1n) is 5.43. The third kappa shape index (κ3) is 2.66. The van der Waals surface area contributed by atoms with Crippen molar-refractivity contribution in [2.45, 2.75) is 10.9 Å². The van der Waals surface area contributed by atoms with E-state index < -0.39 is 16.1 Å². The van der Waals surface area contributed by atoms with Crippen LogP contribution in [0, 0.1) is 14.9 Å². The van der Waals surface area contributed by atoms with Gasteiger partial charge in [0.1, 0.15) is 6.04 Å². The molecule has 1 aromatic carbocycles. The van der Waals surface area contributed by atoms with Crippen LogP contribution in [0.4, 0.5) is 0 Å². The van der Waals surface area contributed by atoms with Gasteiger partial charge in [-0.05, 0) is 46.9 Å². The Balaban J connectivity index is 2.35. The molecular weight excluding hydrogens is 365 g/mol. The molecule has 0 radical (unpaired) electrons. The molecule has 0 aromatic heterocycles. The van der Waals surface area contributed by atoms with Crippen molar-refractivity contribution >= 4 is 32.6 Å². The number of sulfonamides is 1. The van der Waals surface area contributed by atoms with Crippen LogP contribution in [0.2, 0.25) is 0 Å². The average Bonchev–Trinajstić information content (AvgIpc) is 2.39. The van der Waals surface area contributed by atoms with Gasteiger partial charge in [0.05, 0.1) is 11.0 Å². The van der Waals surface area contributed by atoms with Crippen molar-refractivity contribution in [1.29, 1.82) is 5.26 Å². The van der Waals surface area contributed by atoms with Crippen molar-refractivity contribution in [2.24, 2.45) is 0 Å². The SMILES string of the molecule is N#CC1CNCCN1S(=O)(=O)c1ccc(I)cc1. The van der Waals surface area contributed by atoms with Crippen molar-refractivity contribution in [3.8, 4) is 6.07 Å². The molecule has 0 spiro atoms. The Morgan fingerprint density at radius 1 is 1.39 bits per heavy atom. The zero-order chi connectivity index (χ0) is 13.2. The minimum Gasteiger partial charge on any atom is -0.313 e. The summed E-state index contributed by atoms with van der Waals surface area (Å²) in [6, 6.07) is 8.04. The summed E-state index contributed by atoms with van der Waals surface area (Å²) in [7, 11) is -3.57. The summed E-state index contributed by atoms with van der Waals surface area (Å²) in [6.07, 6.45) is 0. The van der Waals surface area contributed by atoms with Crippen molar-refractivity contribution in [1.82, 2.24) is 9.62 Å². The maximum atomic E-state index is 12.4. The number of hydrogen-bond donors (Lipinski definition) is 1. The van der Waals surface area contributed by atoms with Gasteiger partial charge in [0.15, 0.2) is 0 Å². The van der Waals surface area contributed by atoms with Gasteiger partial charge in [-0.2, -0.15) is 9.57 Å². The second kappa shape index (κ2) is 5.52. The summed E-state index contributed by atoms with van der Waals surface area (Å²) in [5.41, 5.74) is 0. The molecule has 7 heteroatoms. The summed E-state index contributed by atoms with van der Waals surface area (Å²) >= 11 is 2.12. The second-order valence-electron chi connectivity index (χ2n) is 3.92. The molecule has 1 saturated heterocycles. The summed E-state index contributed by atoms with van der Waals surface area (Å²) in [5.74, 6) is 0. The number of nitrogens with zero attached hydrogens (tertiary/aromatic N) is 2. The minimum atomic E-state index is -3.57. The summed E-state index contributed by atoms with van der Waals surface area (Å²) in [4.78, 5) is 0.241. The Kier molecular flexibility index (Phi) is 4.21. The van der Waals surface area contributed by atoms with Gasteiger partial charge in [0.2, 0.25) is 10.0 Å². The fraction of sp³-hybridized carbons (Fsp3) is 0.364. The molecule has 1 fully saturated rings. The van der Waals surface area contributed by atoms with Gasteiger partial charge >= 0.3 is 0 Å². The summed E-state index contributed by atoms with van der Waals surface area (Å²) < 4.78 is 27.1. The monoisotopic (exact) mass is 377 g/mol. The van der Waals surface area contributed by atoms with Crippen LogP contribution >= 0.6 is 22.6 Å². The molecule has 1 unspecified atom stereocenters. The van der Waals surface area contributed by atoms with Crippen LogP contribution < -0.4 is 5.32 Å². The molecule has 2 rings (SSSR count). The van der Waals surface area contributed by atoms with Crippen molar-refractivity contribution in [2.75, 3.05) is 19.6 Å². The molecule has 1 aliphatic rings. The van der Waals surface area contributed by atoms with E-state index in [2.05, 4.69) is 27.9 Å². The third-order valence-electron chi connectivity index (χ3n) is 2.76. The standard InChI is InChI=1S/C11H12IN3O2S/c12-9-1-3-11(4-2-9)18(16,17)15-6-5-14-8-10(15)7-13/h1-4,10,14H,5-6,8H2. The molecule has 5 nitrogen and oxygen atoms in total. The number of nitrogens with one attached hydrogen (secondary N) is 1. The highest BCUT2D eigenvalue weighted by atomic mass is 127. The molecule has 96 valence electrons. The van der Waals surface area contributed by atoms with Crippen LogP contribution in [0.1, 0.15) is 0 Å². The number of nitriles is 1. The Hall–Kier alpha value is -0.690. The molecular formula is C11H12IN3O2S. The lowest BCUT2D eigenvalue weighted by atomic mass is 10.3. The molecule has 1 aromatic rings. The van der Waals surface area contributed by atoms with Gasteiger partial charge in [-0.15, -0.1) is 0 Å². The topological polar surface area (TPSA) is 73.2 Å². The molecule has 1 aliphatic heterocycles. The molecule has 0 bridgehead atoms.